The highest BCUT2D eigenvalue weighted by Gasteiger charge is 2.25. The number of carbonyl (C=O) groups is 1. The molecule has 1 heterocycles. The molecule has 0 aromatic heterocycles. The van der Waals surface area contributed by atoms with Crippen LogP contribution in [0.15, 0.2) is 29.3 Å². The third-order valence-corrected chi connectivity index (χ3v) is 2.49. The molecule has 1 atom stereocenters. The van der Waals surface area contributed by atoms with Crippen LogP contribution >= 0.6 is 0 Å². The van der Waals surface area contributed by atoms with Crippen molar-refractivity contribution in [2.24, 2.45) is 4.99 Å². The lowest BCUT2D eigenvalue weighted by Crippen LogP contribution is -2.29. The fraction of sp³-hybridized carbons (Fsp3) is 0.333. The van der Waals surface area contributed by atoms with E-state index in [1.165, 1.54) is 12.1 Å². The van der Waals surface area contributed by atoms with Crippen molar-refractivity contribution < 1.29 is 9.18 Å². The number of benzene rings is 1. The lowest BCUT2D eigenvalue weighted by Gasteiger charge is -2.00. The van der Waals surface area contributed by atoms with Crippen LogP contribution in [-0.4, -0.2) is 17.8 Å². The van der Waals surface area contributed by atoms with E-state index in [0.29, 0.717) is 11.4 Å². The van der Waals surface area contributed by atoms with Crippen molar-refractivity contribution in [1.29, 1.82) is 0 Å². The number of aliphatic imine (C=N–C) groups is 1. The summed E-state index contributed by atoms with van der Waals surface area (Å²) in [4.78, 5) is 15.8. The molecule has 0 radical (unpaired) electrons. The summed E-state index contributed by atoms with van der Waals surface area (Å²) in [6, 6.07) is 5.75. The largest absolute Gasteiger partial charge is 0.309 e. The van der Waals surface area contributed by atoms with E-state index >= 15 is 0 Å². The van der Waals surface area contributed by atoms with Gasteiger partial charge in [-0.15, -0.1) is 0 Å². The van der Waals surface area contributed by atoms with Crippen molar-refractivity contribution in [3.63, 3.8) is 0 Å². The van der Waals surface area contributed by atoms with Gasteiger partial charge in [-0.25, -0.2) is 4.39 Å². The number of amidine groups is 1. The number of rotatable bonds is 3. The molecule has 0 saturated heterocycles. The Labute approximate surface area is 93.4 Å². The van der Waals surface area contributed by atoms with Crippen LogP contribution in [0.1, 0.15) is 25.3 Å². The average Bonchev–Trinajstić information content (AvgIpc) is 2.61. The van der Waals surface area contributed by atoms with Crippen molar-refractivity contribution in [1.82, 2.24) is 5.32 Å². The zero-order chi connectivity index (χ0) is 11.5. The molecule has 4 heteroatoms. The van der Waals surface area contributed by atoms with Gasteiger partial charge < -0.3 is 5.32 Å². The molecular formula is C12H13FN2O. The molecule has 0 fully saturated rings. The van der Waals surface area contributed by atoms with Gasteiger partial charge in [0, 0.05) is 5.56 Å². The number of carbonyl (C=O) groups excluding carboxylic acids is 1. The summed E-state index contributed by atoms with van der Waals surface area (Å²) >= 11 is 0. The molecule has 0 aliphatic carbocycles. The van der Waals surface area contributed by atoms with Crippen LogP contribution < -0.4 is 5.32 Å². The van der Waals surface area contributed by atoms with E-state index in [9.17, 15) is 9.18 Å². The Kier molecular flexibility index (Phi) is 2.99. The van der Waals surface area contributed by atoms with Crippen LogP contribution in [0.25, 0.3) is 0 Å². The molecule has 1 aromatic rings. The Morgan fingerprint density at radius 1 is 1.50 bits per heavy atom. The second-order valence-electron chi connectivity index (χ2n) is 3.78. The van der Waals surface area contributed by atoms with Gasteiger partial charge in [0.2, 0.25) is 5.91 Å². The molecule has 3 nitrogen and oxygen atoms in total. The zero-order valence-corrected chi connectivity index (χ0v) is 9.03. The highest BCUT2D eigenvalue weighted by atomic mass is 19.1. The number of nitrogens with one attached hydrogen (secondary N) is 1. The lowest BCUT2D eigenvalue weighted by atomic mass is 10.2. The second kappa shape index (κ2) is 4.43. The van der Waals surface area contributed by atoms with Gasteiger partial charge in [-0.2, -0.15) is 0 Å². The Balaban J connectivity index is 2.23. The lowest BCUT2D eigenvalue weighted by molar-refractivity contribution is -0.120. The minimum Gasteiger partial charge on any atom is -0.309 e. The van der Waals surface area contributed by atoms with Gasteiger partial charge in [-0.05, 0) is 18.6 Å². The molecule has 1 aromatic carbocycles. The molecule has 0 spiro atoms. The first kappa shape index (κ1) is 10.8. The molecule has 1 aliphatic heterocycles. The maximum Gasteiger partial charge on any atom is 0.250 e. The summed E-state index contributed by atoms with van der Waals surface area (Å²) in [6.45, 7) is 2.00. The minimum atomic E-state index is -0.326. The molecule has 1 amide bonds. The molecule has 1 unspecified atom stereocenters. The first-order valence-corrected chi connectivity index (χ1v) is 5.35. The fourth-order valence-corrected chi connectivity index (χ4v) is 1.70. The molecule has 1 N–H and O–H groups in total. The monoisotopic (exact) mass is 220 g/mol. The van der Waals surface area contributed by atoms with Crippen LogP contribution in [-0.2, 0) is 4.79 Å². The first-order valence-electron chi connectivity index (χ1n) is 5.35. The van der Waals surface area contributed by atoms with Crippen molar-refractivity contribution in [3.05, 3.63) is 35.6 Å². The van der Waals surface area contributed by atoms with Crippen LogP contribution in [0.4, 0.5) is 4.39 Å². The van der Waals surface area contributed by atoms with Crippen molar-refractivity contribution in [3.8, 4) is 0 Å². The van der Waals surface area contributed by atoms with Gasteiger partial charge >= 0.3 is 0 Å². The maximum absolute atomic E-state index is 13.0. The quantitative estimate of drug-likeness (QED) is 0.830. The van der Waals surface area contributed by atoms with Gasteiger partial charge in [0.25, 0.3) is 0 Å². The zero-order valence-electron chi connectivity index (χ0n) is 9.03. The van der Waals surface area contributed by atoms with Gasteiger partial charge in [0.15, 0.2) is 0 Å². The van der Waals surface area contributed by atoms with Gasteiger partial charge in [0.05, 0.1) is 0 Å². The molecular weight excluding hydrogens is 207 g/mol. The standard InChI is InChI=1S/C12H13FN2O/c1-2-4-10-12(16)15-11(14-10)8-5-3-6-9(13)7-8/h3,5-7,10H,2,4H2,1H3,(H,14,15,16). The van der Waals surface area contributed by atoms with Crippen molar-refractivity contribution >= 4 is 11.7 Å². The first-order chi connectivity index (χ1) is 7.70. The van der Waals surface area contributed by atoms with Crippen molar-refractivity contribution in [2.45, 2.75) is 25.8 Å². The van der Waals surface area contributed by atoms with E-state index in [4.69, 9.17) is 0 Å². The number of hydrogen-bond acceptors (Lipinski definition) is 2. The predicted molar refractivity (Wildman–Crippen MR) is 59.8 cm³/mol. The summed E-state index contributed by atoms with van der Waals surface area (Å²) in [7, 11) is 0. The number of halogens is 1. The van der Waals surface area contributed by atoms with E-state index in [1.54, 1.807) is 12.1 Å². The van der Waals surface area contributed by atoms with E-state index in [0.717, 1.165) is 12.8 Å². The summed E-state index contributed by atoms with van der Waals surface area (Å²) in [5.41, 5.74) is 0.618. The number of amides is 1. The Morgan fingerprint density at radius 2 is 2.31 bits per heavy atom. The van der Waals surface area contributed by atoms with E-state index in [1.807, 2.05) is 6.92 Å². The predicted octanol–water partition coefficient (Wildman–Crippen LogP) is 1.87. The summed E-state index contributed by atoms with van der Waals surface area (Å²) in [5, 5.41) is 2.68. The number of hydrogen-bond donors (Lipinski definition) is 1. The summed E-state index contributed by atoms with van der Waals surface area (Å²) in [5.74, 6) is 0.0532. The van der Waals surface area contributed by atoms with E-state index in [2.05, 4.69) is 10.3 Å². The SMILES string of the molecule is CCCC1N=C(c2cccc(F)c2)NC1=O. The van der Waals surface area contributed by atoms with Gasteiger partial charge in [-0.1, -0.05) is 25.5 Å². The molecule has 84 valence electrons. The minimum absolute atomic E-state index is 0.0962. The van der Waals surface area contributed by atoms with Crippen LogP contribution in [0, 0.1) is 5.82 Å². The van der Waals surface area contributed by atoms with Crippen LogP contribution in [0.3, 0.4) is 0 Å². The molecule has 16 heavy (non-hydrogen) atoms. The van der Waals surface area contributed by atoms with Crippen LogP contribution in [0.2, 0.25) is 0 Å². The molecule has 2 rings (SSSR count). The third kappa shape index (κ3) is 2.10. The fourth-order valence-electron chi connectivity index (χ4n) is 1.70. The highest BCUT2D eigenvalue weighted by Crippen LogP contribution is 2.12. The normalized spacial score (nSPS) is 19.5. The van der Waals surface area contributed by atoms with E-state index < -0.39 is 0 Å². The summed E-state index contributed by atoms with van der Waals surface area (Å²) in [6.07, 6.45) is 1.63. The molecule has 1 aliphatic rings. The van der Waals surface area contributed by atoms with Gasteiger partial charge in [0.1, 0.15) is 17.7 Å². The Bertz CT molecular complexity index is 442. The summed E-state index contributed by atoms with van der Waals surface area (Å²) < 4.78 is 13.0. The number of nitrogens with zero attached hydrogens (tertiary/aromatic N) is 1. The molecule has 0 bridgehead atoms. The Morgan fingerprint density at radius 3 is 3.00 bits per heavy atom. The maximum atomic E-state index is 13.0. The van der Waals surface area contributed by atoms with E-state index in [-0.39, 0.29) is 17.8 Å². The third-order valence-electron chi connectivity index (χ3n) is 2.49. The smallest absolute Gasteiger partial charge is 0.250 e. The van der Waals surface area contributed by atoms with Gasteiger partial charge in [-0.3, -0.25) is 9.79 Å². The topological polar surface area (TPSA) is 41.5 Å². The van der Waals surface area contributed by atoms with Crippen LogP contribution in [0.5, 0.6) is 0 Å². The average molecular weight is 220 g/mol. The van der Waals surface area contributed by atoms with Crippen molar-refractivity contribution in [2.75, 3.05) is 0 Å². The highest BCUT2D eigenvalue weighted by molar-refractivity contribution is 6.13. The molecule has 0 saturated carbocycles. The second-order valence-corrected chi connectivity index (χ2v) is 3.78. The Hall–Kier alpha value is -1.71.